The van der Waals surface area contributed by atoms with Gasteiger partial charge in [-0.15, -0.1) is 0 Å². The van der Waals surface area contributed by atoms with Crippen LogP contribution in [-0.4, -0.2) is 33.7 Å². The third kappa shape index (κ3) is 27.6. The summed E-state index contributed by atoms with van der Waals surface area (Å²) in [6.07, 6.45) is 30.7. The number of hydrogen-bond donors (Lipinski definition) is 2. The molecule has 0 heterocycles. The number of ketones is 1. The molecule has 0 atom stereocenters. The van der Waals surface area contributed by atoms with Gasteiger partial charge in [-0.25, -0.2) is 0 Å². The lowest BCUT2D eigenvalue weighted by atomic mass is 9.99. The van der Waals surface area contributed by atoms with Crippen molar-refractivity contribution in [3.05, 3.63) is 0 Å². The van der Waals surface area contributed by atoms with Gasteiger partial charge in [-0.3, -0.25) is 14.4 Å². The highest BCUT2D eigenvalue weighted by Crippen LogP contribution is 2.18. The topological polar surface area (TPSA) is 101 Å². The number of Topliss-reactive ketones (excluding diaryl/α,β-unsaturated/α-hetero) is 1. The number of esters is 2. The number of ether oxygens (including phenoxy) is 1. The van der Waals surface area contributed by atoms with Crippen LogP contribution >= 0.6 is 0 Å². The molecule has 2 N–H and O–H groups in total. The Morgan fingerprint density at radius 3 is 1.07 bits per heavy atom. The molecule has 0 aliphatic rings. The minimum atomic E-state index is -2.55. The summed E-state index contributed by atoms with van der Waals surface area (Å²) >= 11 is 0. The zero-order valence-electron chi connectivity index (χ0n) is 27.7. The summed E-state index contributed by atoms with van der Waals surface area (Å²) in [5.41, 5.74) is 0. The smallest absolute Gasteiger partial charge is 0.313 e. The van der Waals surface area contributed by atoms with Crippen LogP contribution in [0.2, 0.25) is 0 Å². The van der Waals surface area contributed by atoms with E-state index in [1.807, 2.05) is 0 Å². The molecular weight excluding hydrogens is 528 g/mol. The van der Waals surface area contributed by atoms with E-state index in [2.05, 4.69) is 13.8 Å². The van der Waals surface area contributed by atoms with E-state index in [9.17, 15) is 24.6 Å². The van der Waals surface area contributed by atoms with Gasteiger partial charge in [0.1, 0.15) is 0 Å². The summed E-state index contributed by atoms with van der Waals surface area (Å²) in [5.74, 6) is -4.61. The quantitative estimate of drug-likeness (QED) is 0.0347. The van der Waals surface area contributed by atoms with Crippen LogP contribution < -0.4 is 0 Å². The fourth-order valence-electron chi connectivity index (χ4n) is 5.44. The van der Waals surface area contributed by atoms with Crippen molar-refractivity contribution < 1.29 is 29.3 Å². The van der Waals surface area contributed by atoms with Gasteiger partial charge in [0, 0.05) is 19.3 Å². The maximum absolute atomic E-state index is 12.2. The minimum Gasteiger partial charge on any atom is -0.393 e. The molecule has 0 aromatic rings. The van der Waals surface area contributed by atoms with Gasteiger partial charge in [0.25, 0.3) is 0 Å². The number of hydrogen-bond acceptors (Lipinski definition) is 6. The van der Waals surface area contributed by atoms with Crippen molar-refractivity contribution in [2.75, 3.05) is 0 Å². The van der Waals surface area contributed by atoms with Gasteiger partial charge in [-0.05, 0) is 12.8 Å². The molecule has 6 nitrogen and oxygen atoms in total. The van der Waals surface area contributed by atoms with Gasteiger partial charge in [-0.1, -0.05) is 168 Å². The number of rotatable bonds is 32. The Morgan fingerprint density at radius 1 is 0.429 bits per heavy atom. The summed E-state index contributed by atoms with van der Waals surface area (Å²) in [6, 6.07) is 0. The van der Waals surface area contributed by atoms with Crippen molar-refractivity contribution in [3.8, 4) is 0 Å². The van der Waals surface area contributed by atoms with E-state index in [0.29, 0.717) is 12.8 Å². The van der Waals surface area contributed by atoms with Gasteiger partial charge in [0.15, 0.2) is 5.78 Å². The monoisotopic (exact) mass is 597 g/mol. The second-order valence-corrected chi connectivity index (χ2v) is 12.6. The van der Waals surface area contributed by atoms with Crippen molar-refractivity contribution in [2.24, 2.45) is 0 Å². The molecule has 0 aliphatic carbocycles. The summed E-state index contributed by atoms with van der Waals surface area (Å²) < 4.78 is 4.80. The molecular formula is C36H68O6. The Morgan fingerprint density at radius 2 is 0.714 bits per heavy atom. The van der Waals surface area contributed by atoms with E-state index in [4.69, 9.17) is 4.74 Å². The molecule has 0 unspecified atom stereocenters. The highest BCUT2D eigenvalue weighted by Gasteiger charge is 2.33. The van der Waals surface area contributed by atoms with E-state index in [1.165, 1.54) is 122 Å². The number of aliphatic hydroxyl groups is 2. The third-order valence-electron chi connectivity index (χ3n) is 8.34. The summed E-state index contributed by atoms with van der Waals surface area (Å²) in [4.78, 5) is 36.1. The van der Waals surface area contributed by atoms with Crippen LogP contribution in [0.3, 0.4) is 0 Å². The average molecular weight is 597 g/mol. The van der Waals surface area contributed by atoms with E-state index >= 15 is 0 Å². The van der Waals surface area contributed by atoms with Crippen molar-refractivity contribution in [2.45, 2.75) is 212 Å². The molecule has 0 aromatic carbocycles. The highest BCUT2D eigenvalue weighted by molar-refractivity contribution is 5.87. The summed E-state index contributed by atoms with van der Waals surface area (Å²) in [7, 11) is 0. The molecule has 0 amide bonds. The Bertz CT molecular complexity index is 645. The lowest BCUT2D eigenvalue weighted by molar-refractivity contribution is -0.187. The number of carbonyl (C=O) groups excluding carboxylic acids is 3. The molecule has 0 saturated carbocycles. The first-order valence-corrected chi connectivity index (χ1v) is 18.0. The largest absolute Gasteiger partial charge is 0.393 e. The summed E-state index contributed by atoms with van der Waals surface area (Å²) in [5, 5.41) is 20.2. The van der Waals surface area contributed by atoms with Crippen LogP contribution in [0.4, 0.5) is 0 Å². The number of carbonyl (C=O) groups is 3. The zero-order chi connectivity index (χ0) is 31.2. The second kappa shape index (κ2) is 29.8. The van der Waals surface area contributed by atoms with Crippen molar-refractivity contribution in [1.29, 1.82) is 0 Å². The predicted molar refractivity (Wildman–Crippen MR) is 173 cm³/mol. The van der Waals surface area contributed by atoms with Crippen LogP contribution in [0.15, 0.2) is 0 Å². The van der Waals surface area contributed by atoms with Crippen LogP contribution in [0, 0.1) is 0 Å². The Balaban J connectivity index is 3.67. The zero-order valence-corrected chi connectivity index (χ0v) is 27.7. The normalized spacial score (nSPS) is 11.6. The van der Waals surface area contributed by atoms with E-state index in [0.717, 1.165) is 32.1 Å². The second-order valence-electron chi connectivity index (χ2n) is 12.6. The molecule has 6 heteroatoms. The maximum atomic E-state index is 12.2. The molecule has 0 radical (unpaired) electrons. The van der Waals surface area contributed by atoms with Crippen LogP contribution in [0.5, 0.6) is 0 Å². The van der Waals surface area contributed by atoms with E-state index in [1.54, 1.807) is 0 Å². The standard InChI is InChI=1S/C36H68O6/c1-3-5-7-9-11-13-15-17-19-21-23-25-27-29-33(37)36(40,41)32-31-35(39)42-34(38)30-28-26-24-22-20-18-16-14-12-10-8-6-4-2/h40-41H,3-32H2,1-2H3. The lowest BCUT2D eigenvalue weighted by Gasteiger charge is -2.19. The SMILES string of the molecule is CCCCCCCCCCCCCCCC(=O)OC(=O)CCC(O)(O)C(=O)CCCCCCCCCCCCCCC. The molecule has 0 saturated heterocycles. The van der Waals surface area contributed by atoms with Gasteiger partial charge in [-0.2, -0.15) is 0 Å². The minimum absolute atomic E-state index is 0.0811. The van der Waals surface area contributed by atoms with Gasteiger partial charge >= 0.3 is 11.9 Å². The first-order valence-electron chi connectivity index (χ1n) is 18.0. The molecule has 0 aliphatic heterocycles. The fourth-order valence-corrected chi connectivity index (χ4v) is 5.44. The first-order chi connectivity index (χ1) is 20.3. The third-order valence-corrected chi connectivity index (χ3v) is 8.34. The first kappa shape index (κ1) is 40.7. The van der Waals surface area contributed by atoms with Crippen molar-refractivity contribution in [3.63, 3.8) is 0 Å². The maximum Gasteiger partial charge on any atom is 0.313 e. The number of unbranched alkanes of at least 4 members (excludes halogenated alkanes) is 24. The van der Waals surface area contributed by atoms with Crippen molar-refractivity contribution in [1.82, 2.24) is 0 Å². The summed E-state index contributed by atoms with van der Waals surface area (Å²) in [6.45, 7) is 4.48. The lowest BCUT2D eigenvalue weighted by Crippen LogP contribution is -2.39. The van der Waals surface area contributed by atoms with E-state index < -0.39 is 29.9 Å². The van der Waals surface area contributed by atoms with Crippen molar-refractivity contribution >= 4 is 17.7 Å². The molecule has 0 fully saturated rings. The Labute approximate surface area is 259 Å². The van der Waals surface area contributed by atoms with Gasteiger partial charge < -0.3 is 14.9 Å². The average Bonchev–Trinajstić information content (AvgIpc) is 2.96. The fraction of sp³-hybridized carbons (Fsp3) is 0.917. The predicted octanol–water partition coefficient (Wildman–Crippen LogP) is 10.0. The highest BCUT2D eigenvalue weighted by atomic mass is 16.6. The molecule has 0 rings (SSSR count). The van der Waals surface area contributed by atoms with Gasteiger partial charge in [0.05, 0.1) is 6.42 Å². The van der Waals surface area contributed by atoms with Gasteiger partial charge in [0.2, 0.25) is 5.79 Å². The Hall–Kier alpha value is -1.27. The molecule has 248 valence electrons. The van der Waals surface area contributed by atoms with Crippen LogP contribution in [0.25, 0.3) is 0 Å². The molecule has 42 heavy (non-hydrogen) atoms. The Kier molecular flexibility index (Phi) is 28.9. The van der Waals surface area contributed by atoms with Crippen LogP contribution in [0.1, 0.15) is 206 Å². The van der Waals surface area contributed by atoms with Crippen LogP contribution in [-0.2, 0) is 19.1 Å². The molecule has 0 aromatic heterocycles. The molecule has 0 spiro atoms. The van der Waals surface area contributed by atoms with E-state index in [-0.39, 0.29) is 19.3 Å². The molecule has 0 bridgehead atoms.